The topological polar surface area (TPSA) is 53.4 Å². The van der Waals surface area contributed by atoms with Crippen molar-refractivity contribution in [2.45, 2.75) is 13.0 Å². The van der Waals surface area contributed by atoms with Gasteiger partial charge in [-0.3, -0.25) is 14.7 Å². The van der Waals surface area contributed by atoms with Gasteiger partial charge in [0.2, 0.25) is 6.43 Å². The molecule has 1 aromatic carbocycles. The van der Waals surface area contributed by atoms with Crippen LogP contribution in [0.1, 0.15) is 5.69 Å². The molecule has 1 saturated heterocycles. The van der Waals surface area contributed by atoms with Crippen LogP contribution in [0.15, 0.2) is 36.5 Å². The molecule has 116 valence electrons. The summed E-state index contributed by atoms with van der Waals surface area (Å²) in [6.45, 7) is 0.600. The maximum absolute atomic E-state index is 13.0. The molecule has 2 aromatic rings. The number of aromatic nitrogens is 1. The summed E-state index contributed by atoms with van der Waals surface area (Å²) in [5, 5.41) is 11.1. The van der Waals surface area contributed by atoms with E-state index < -0.39 is 24.2 Å². The molecule has 3 rings (SSSR count). The van der Waals surface area contributed by atoms with Gasteiger partial charge in [0.15, 0.2) is 0 Å². The highest BCUT2D eigenvalue weighted by Gasteiger charge is 2.42. The van der Waals surface area contributed by atoms with Crippen molar-refractivity contribution in [2.24, 2.45) is 11.8 Å². The number of fused-ring (bicyclic) bond motifs is 1. The summed E-state index contributed by atoms with van der Waals surface area (Å²) >= 11 is 0. The molecule has 0 spiro atoms. The van der Waals surface area contributed by atoms with Gasteiger partial charge in [0.05, 0.1) is 11.6 Å². The lowest BCUT2D eigenvalue weighted by Gasteiger charge is -2.16. The van der Waals surface area contributed by atoms with Gasteiger partial charge in [-0.25, -0.2) is 8.78 Å². The van der Waals surface area contributed by atoms with Crippen LogP contribution in [0.3, 0.4) is 0 Å². The van der Waals surface area contributed by atoms with Gasteiger partial charge >= 0.3 is 5.97 Å². The molecule has 2 heterocycles. The summed E-state index contributed by atoms with van der Waals surface area (Å²) in [7, 11) is 0. The summed E-state index contributed by atoms with van der Waals surface area (Å²) in [4.78, 5) is 17.2. The number of rotatable bonds is 4. The highest BCUT2D eigenvalue weighted by atomic mass is 19.3. The van der Waals surface area contributed by atoms with Crippen LogP contribution in [0.2, 0.25) is 0 Å². The maximum Gasteiger partial charge on any atom is 0.308 e. The highest BCUT2D eigenvalue weighted by molar-refractivity contribution is 5.84. The van der Waals surface area contributed by atoms with Gasteiger partial charge in [0.1, 0.15) is 0 Å². The standard InChI is InChI=1S/C16H16F2N2O2/c17-15(18)12-7-20(8-13(12)16(21)22)9-14-11-4-2-1-3-10(11)5-6-19-14/h1-6,12-13,15H,7-9H2,(H,21,22)/t12-,13-/m1/s1. The van der Waals surface area contributed by atoms with Crippen LogP contribution in [-0.2, 0) is 11.3 Å². The van der Waals surface area contributed by atoms with Gasteiger partial charge in [0.25, 0.3) is 0 Å². The van der Waals surface area contributed by atoms with Crippen molar-refractivity contribution < 1.29 is 18.7 Å². The minimum Gasteiger partial charge on any atom is -0.481 e. The Kier molecular flexibility index (Phi) is 4.02. The average molecular weight is 306 g/mol. The number of carboxylic acids is 1. The highest BCUT2D eigenvalue weighted by Crippen LogP contribution is 2.30. The molecular formula is C16H16F2N2O2. The number of nitrogens with zero attached hydrogens (tertiary/aromatic N) is 2. The fraction of sp³-hybridized carbons (Fsp3) is 0.375. The maximum atomic E-state index is 13.0. The zero-order chi connectivity index (χ0) is 15.7. The fourth-order valence-electron chi connectivity index (χ4n) is 3.08. The Labute approximate surface area is 126 Å². The van der Waals surface area contributed by atoms with Crippen LogP contribution in [0, 0.1) is 11.8 Å². The Bertz CT molecular complexity index is 687. The number of aliphatic carboxylic acids is 1. The normalized spacial score (nSPS) is 22.5. The van der Waals surface area contributed by atoms with Crippen molar-refractivity contribution in [3.8, 4) is 0 Å². The monoisotopic (exact) mass is 306 g/mol. The van der Waals surface area contributed by atoms with Gasteiger partial charge in [-0.05, 0) is 11.5 Å². The van der Waals surface area contributed by atoms with E-state index in [9.17, 15) is 13.6 Å². The Morgan fingerprint density at radius 1 is 1.32 bits per heavy atom. The molecule has 1 aromatic heterocycles. The third-order valence-corrected chi connectivity index (χ3v) is 4.21. The molecule has 22 heavy (non-hydrogen) atoms. The molecule has 1 aliphatic heterocycles. The predicted molar refractivity (Wildman–Crippen MR) is 77.6 cm³/mol. The van der Waals surface area contributed by atoms with E-state index in [0.717, 1.165) is 16.5 Å². The van der Waals surface area contributed by atoms with Crippen LogP contribution >= 0.6 is 0 Å². The number of pyridine rings is 1. The Morgan fingerprint density at radius 2 is 2.09 bits per heavy atom. The number of benzene rings is 1. The summed E-state index contributed by atoms with van der Waals surface area (Å²) in [6.07, 6.45) is -0.931. The molecule has 4 nitrogen and oxygen atoms in total. The summed E-state index contributed by atoms with van der Waals surface area (Å²) in [6, 6.07) is 9.62. The van der Waals surface area contributed by atoms with Crippen LogP contribution in [0.25, 0.3) is 10.8 Å². The molecule has 2 atom stereocenters. The predicted octanol–water partition coefficient (Wildman–Crippen LogP) is 2.63. The van der Waals surface area contributed by atoms with Gasteiger partial charge in [-0.15, -0.1) is 0 Å². The van der Waals surface area contributed by atoms with Crippen LogP contribution in [0.5, 0.6) is 0 Å². The lowest BCUT2D eigenvalue weighted by molar-refractivity contribution is -0.144. The molecule has 0 unspecified atom stereocenters. The summed E-state index contributed by atoms with van der Waals surface area (Å²) in [5.41, 5.74) is 0.789. The minimum atomic E-state index is -2.62. The number of carboxylic acid groups (broad SMARTS) is 1. The molecule has 6 heteroatoms. The molecule has 0 radical (unpaired) electrons. The van der Waals surface area contributed by atoms with Crippen molar-refractivity contribution in [1.82, 2.24) is 9.88 Å². The first kappa shape index (κ1) is 14.8. The molecular weight excluding hydrogens is 290 g/mol. The quantitative estimate of drug-likeness (QED) is 0.943. The van der Waals surface area contributed by atoms with Crippen LogP contribution in [-0.4, -0.2) is 40.5 Å². The number of halogens is 2. The largest absolute Gasteiger partial charge is 0.481 e. The van der Waals surface area contributed by atoms with Gasteiger partial charge in [-0.1, -0.05) is 24.3 Å². The zero-order valence-corrected chi connectivity index (χ0v) is 11.8. The van der Waals surface area contributed by atoms with E-state index in [2.05, 4.69) is 4.98 Å². The van der Waals surface area contributed by atoms with Crippen molar-refractivity contribution >= 4 is 16.7 Å². The zero-order valence-electron chi connectivity index (χ0n) is 11.8. The van der Waals surface area contributed by atoms with Gasteiger partial charge in [0, 0.05) is 37.1 Å². The number of likely N-dealkylation sites (tertiary alicyclic amines) is 1. The van der Waals surface area contributed by atoms with Gasteiger partial charge < -0.3 is 5.11 Å². The molecule has 1 aliphatic rings. The molecule has 0 amide bonds. The van der Waals surface area contributed by atoms with E-state index in [4.69, 9.17) is 5.11 Å². The first-order valence-corrected chi connectivity index (χ1v) is 7.12. The van der Waals surface area contributed by atoms with E-state index in [1.807, 2.05) is 30.3 Å². The van der Waals surface area contributed by atoms with E-state index in [0.29, 0.717) is 6.54 Å². The molecule has 0 bridgehead atoms. The van der Waals surface area contributed by atoms with E-state index >= 15 is 0 Å². The van der Waals surface area contributed by atoms with Crippen LogP contribution in [0.4, 0.5) is 8.78 Å². The number of carbonyl (C=O) groups is 1. The second-order valence-corrected chi connectivity index (χ2v) is 5.62. The number of hydrogen-bond donors (Lipinski definition) is 1. The summed E-state index contributed by atoms with van der Waals surface area (Å²) < 4.78 is 26.0. The van der Waals surface area contributed by atoms with Crippen molar-refractivity contribution in [3.05, 3.63) is 42.2 Å². The number of hydrogen-bond acceptors (Lipinski definition) is 3. The Hall–Kier alpha value is -2.08. The summed E-state index contributed by atoms with van der Waals surface area (Å²) in [5.74, 6) is -3.29. The second-order valence-electron chi connectivity index (χ2n) is 5.62. The average Bonchev–Trinajstić information content (AvgIpc) is 2.92. The second kappa shape index (κ2) is 5.96. The van der Waals surface area contributed by atoms with Crippen molar-refractivity contribution in [3.63, 3.8) is 0 Å². The molecule has 0 aliphatic carbocycles. The first-order chi connectivity index (χ1) is 10.6. The lowest BCUT2D eigenvalue weighted by atomic mass is 9.97. The third kappa shape index (κ3) is 2.78. The van der Waals surface area contributed by atoms with E-state index in [1.165, 1.54) is 0 Å². The minimum absolute atomic E-state index is 0.0829. The Morgan fingerprint density at radius 3 is 2.77 bits per heavy atom. The molecule has 1 fully saturated rings. The van der Waals surface area contributed by atoms with Crippen LogP contribution < -0.4 is 0 Å². The van der Waals surface area contributed by atoms with Gasteiger partial charge in [-0.2, -0.15) is 0 Å². The first-order valence-electron chi connectivity index (χ1n) is 7.12. The molecule has 1 N–H and O–H groups in total. The van der Waals surface area contributed by atoms with Crippen molar-refractivity contribution in [2.75, 3.05) is 13.1 Å². The molecule has 0 saturated carbocycles. The lowest BCUT2D eigenvalue weighted by Crippen LogP contribution is -2.27. The van der Waals surface area contributed by atoms with E-state index in [-0.39, 0.29) is 13.1 Å². The fourth-order valence-corrected chi connectivity index (χ4v) is 3.08. The number of alkyl halides is 2. The third-order valence-electron chi connectivity index (χ3n) is 4.21. The van der Waals surface area contributed by atoms with E-state index in [1.54, 1.807) is 11.1 Å². The Balaban J connectivity index is 1.82. The van der Waals surface area contributed by atoms with Crippen molar-refractivity contribution in [1.29, 1.82) is 0 Å². The smallest absolute Gasteiger partial charge is 0.308 e. The SMILES string of the molecule is O=C(O)[C@@H]1CN(Cc2nccc3ccccc23)C[C@H]1C(F)F.